The van der Waals surface area contributed by atoms with Gasteiger partial charge in [-0.1, -0.05) is 0 Å². The van der Waals surface area contributed by atoms with Crippen molar-refractivity contribution in [2.45, 2.75) is 38.3 Å². The Kier molecular flexibility index (Phi) is 4.70. The van der Waals surface area contributed by atoms with Crippen molar-refractivity contribution >= 4 is 0 Å². The summed E-state index contributed by atoms with van der Waals surface area (Å²) in [6.07, 6.45) is 4.71. The van der Waals surface area contributed by atoms with E-state index in [1.54, 1.807) is 0 Å². The van der Waals surface area contributed by atoms with Crippen molar-refractivity contribution in [1.29, 1.82) is 0 Å². The van der Waals surface area contributed by atoms with Crippen LogP contribution in [0.1, 0.15) is 31.2 Å². The molecule has 3 rings (SSSR count). The lowest BCUT2D eigenvalue weighted by Crippen LogP contribution is -2.25. The Balaban J connectivity index is 1.53. The normalized spacial score (nSPS) is 19.1. The molecule has 2 fully saturated rings. The lowest BCUT2D eigenvalue weighted by atomic mass is 10.2. The van der Waals surface area contributed by atoms with E-state index in [1.807, 2.05) is 0 Å². The van der Waals surface area contributed by atoms with E-state index in [4.69, 9.17) is 4.74 Å². The van der Waals surface area contributed by atoms with Gasteiger partial charge < -0.3 is 10.1 Å². The Labute approximate surface area is 124 Å². The maximum atomic E-state index is 13.9. The van der Waals surface area contributed by atoms with Crippen LogP contribution in [-0.2, 0) is 6.54 Å². The van der Waals surface area contributed by atoms with Crippen molar-refractivity contribution in [3.63, 3.8) is 0 Å². The summed E-state index contributed by atoms with van der Waals surface area (Å²) < 4.78 is 33.2. The number of likely N-dealkylation sites (tertiary alicyclic amines) is 1. The average molecular weight is 296 g/mol. The largest absolute Gasteiger partial charge is 0.486 e. The fourth-order valence-electron chi connectivity index (χ4n) is 2.69. The monoisotopic (exact) mass is 296 g/mol. The smallest absolute Gasteiger partial charge is 0.190 e. The minimum Gasteiger partial charge on any atom is -0.486 e. The maximum absolute atomic E-state index is 13.9. The standard InChI is InChI=1S/C16H22F2N2O/c17-14-9-12(11-19-13-3-4-13)10-15(18)16(14)21-8-7-20-5-1-2-6-20/h9-10,13,19H,1-8,11H2. The quantitative estimate of drug-likeness (QED) is 0.837. The first-order chi connectivity index (χ1) is 10.2. The lowest BCUT2D eigenvalue weighted by molar-refractivity contribution is 0.223. The molecule has 1 aromatic rings. The molecule has 0 bridgehead atoms. The van der Waals surface area contributed by atoms with Crippen molar-refractivity contribution in [3.8, 4) is 5.75 Å². The zero-order valence-corrected chi connectivity index (χ0v) is 12.2. The van der Waals surface area contributed by atoms with Gasteiger partial charge in [-0.15, -0.1) is 0 Å². The molecular formula is C16H22F2N2O. The number of nitrogens with one attached hydrogen (secondary N) is 1. The van der Waals surface area contributed by atoms with E-state index in [9.17, 15) is 8.78 Å². The second-order valence-electron chi connectivity index (χ2n) is 5.94. The van der Waals surface area contributed by atoms with Gasteiger partial charge in [-0.25, -0.2) is 8.78 Å². The molecule has 21 heavy (non-hydrogen) atoms. The summed E-state index contributed by atoms with van der Waals surface area (Å²) in [5.74, 6) is -1.46. The number of rotatable bonds is 7. The predicted octanol–water partition coefficient (Wildman–Crippen LogP) is 2.69. The van der Waals surface area contributed by atoms with E-state index in [0.29, 0.717) is 24.8 Å². The highest BCUT2D eigenvalue weighted by molar-refractivity contribution is 5.31. The molecule has 0 amide bonds. The molecule has 1 aliphatic heterocycles. The molecule has 1 heterocycles. The van der Waals surface area contributed by atoms with Gasteiger partial charge in [0.05, 0.1) is 0 Å². The Bertz CT molecular complexity index is 462. The zero-order valence-electron chi connectivity index (χ0n) is 12.2. The highest BCUT2D eigenvalue weighted by Gasteiger charge is 2.21. The molecule has 0 unspecified atom stereocenters. The third-order valence-corrected chi connectivity index (χ3v) is 4.08. The second kappa shape index (κ2) is 6.71. The second-order valence-corrected chi connectivity index (χ2v) is 5.94. The van der Waals surface area contributed by atoms with Crippen LogP contribution < -0.4 is 10.1 Å². The Morgan fingerprint density at radius 3 is 2.43 bits per heavy atom. The van der Waals surface area contributed by atoms with Crippen molar-refractivity contribution < 1.29 is 13.5 Å². The van der Waals surface area contributed by atoms with E-state index in [2.05, 4.69) is 10.2 Å². The number of halogens is 2. The van der Waals surface area contributed by atoms with Crippen LogP contribution in [0.25, 0.3) is 0 Å². The fourth-order valence-corrected chi connectivity index (χ4v) is 2.69. The van der Waals surface area contributed by atoms with Gasteiger partial charge in [-0.3, -0.25) is 4.90 Å². The predicted molar refractivity (Wildman–Crippen MR) is 77.4 cm³/mol. The lowest BCUT2D eigenvalue weighted by Gasteiger charge is -2.16. The summed E-state index contributed by atoms with van der Waals surface area (Å²) in [6.45, 7) is 3.67. The minimum absolute atomic E-state index is 0.246. The first-order valence-electron chi connectivity index (χ1n) is 7.79. The maximum Gasteiger partial charge on any atom is 0.190 e. The van der Waals surface area contributed by atoms with Crippen LogP contribution in [-0.4, -0.2) is 37.2 Å². The topological polar surface area (TPSA) is 24.5 Å². The van der Waals surface area contributed by atoms with Gasteiger partial charge in [0.1, 0.15) is 6.61 Å². The molecule has 1 saturated heterocycles. The third kappa shape index (κ3) is 4.14. The Hall–Kier alpha value is -1.20. The molecule has 0 atom stereocenters. The molecule has 1 N–H and O–H groups in total. The van der Waals surface area contributed by atoms with Crippen LogP contribution in [0.15, 0.2) is 12.1 Å². The van der Waals surface area contributed by atoms with Crippen LogP contribution in [0.4, 0.5) is 8.78 Å². The van der Waals surface area contributed by atoms with E-state index in [1.165, 1.54) is 25.0 Å². The average Bonchev–Trinajstić information content (AvgIpc) is 3.14. The highest BCUT2D eigenvalue weighted by Crippen LogP contribution is 2.25. The van der Waals surface area contributed by atoms with Gasteiger partial charge >= 0.3 is 0 Å². The molecule has 5 heteroatoms. The summed E-state index contributed by atoms with van der Waals surface area (Å²) in [5.41, 5.74) is 0.629. The highest BCUT2D eigenvalue weighted by atomic mass is 19.1. The summed E-state index contributed by atoms with van der Waals surface area (Å²) in [7, 11) is 0. The number of nitrogens with zero attached hydrogens (tertiary/aromatic N) is 1. The van der Waals surface area contributed by atoms with Crippen molar-refractivity contribution in [1.82, 2.24) is 10.2 Å². The summed E-state index contributed by atoms with van der Waals surface area (Å²) in [6, 6.07) is 3.25. The van der Waals surface area contributed by atoms with Crippen molar-refractivity contribution in [2.24, 2.45) is 0 Å². The van der Waals surface area contributed by atoms with Crippen molar-refractivity contribution in [2.75, 3.05) is 26.2 Å². The fraction of sp³-hybridized carbons (Fsp3) is 0.625. The molecule has 116 valence electrons. The summed E-state index contributed by atoms with van der Waals surface area (Å²) in [5, 5.41) is 3.25. The van der Waals surface area contributed by atoms with Crippen LogP contribution in [0.5, 0.6) is 5.75 Å². The molecule has 0 aromatic heterocycles. The molecule has 3 nitrogen and oxygen atoms in total. The van der Waals surface area contributed by atoms with Gasteiger partial charge in [0, 0.05) is 19.1 Å². The van der Waals surface area contributed by atoms with Gasteiger partial charge in [-0.2, -0.15) is 0 Å². The molecule has 0 spiro atoms. The van der Waals surface area contributed by atoms with E-state index in [0.717, 1.165) is 32.5 Å². The minimum atomic E-state index is -0.607. The number of benzene rings is 1. The van der Waals surface area contributed by atoms with E-state index >= 15 is 0 Å². The zero-order chi connectivity index (χ0) is 14.7. The molecule has 2 aliphatic rings. The SMILES string of the molecule is Fc1cc(CNC2CC2)cc(F)c1OCCN1CCCC1. The number of hydrogen-bond donors (Lipinski definition) is 1. The first kappa shape index (κ1) is 14.7. The Morgan fingerprint density at radius 2 is 1.81 bits per heavy atom. The van der Waals surface area contributed by atoms with Crippen LogP contribution in [0, 0.1) is 11.6 Å². The number of ether oxygens (including phenoxy) is 1. The third-order valence-electron chi connectivity index (χ3n) is 4.08. The van der Waals surface area contributed by atoms with Gasteiger partial charge in [0.15, 0.2) is 17.4 Å². The van der Waals surface area contributed by atoms with Crippen LogP contribution in [0.2, 0.25) is 0 Å². The summed E-state index contributed by atoms with van der Waals surface area (Å²) in [4.78, 5) is 2.25. The molecular weight excluding hydrogens is 274 g/mol. The van der Waals surface area contributed by atoms with Crippen LogP contribution in [0.3, 0.4) is 0 Å². The van der Waals surface area contributed by atoms with Gasteiger partial charge in [0.2, 0.25) is 0 Å². The molecule has 1 saturated carbocycles. The molecule has 1 aliphatic carbocycles. The Morgan fingerprint density at radius 1 is 1.14 bits per heavy atom. The first-order valence-corrected chi connectivity index (χ1v) is 7.79. The molecule has 1 aromatic carbocycles. The van der Waals surface area contributed by atoms with E-state index in [-0.39, 0.29) is 5.75 Å². The summed E-state index contributed by atoms with van der Waals surface area (Å²) >= 11 is 0. The number of hydrogen-bond acceptors (Lipinski definition) is 3. The van der Waals surface area contributed by atoms with Gasteiger partial charge in [0.25, 0.3) is 0 Å². The van der Waals surface area contributed by atoms with Crippen molar-refractivity contribution in [3.05, 3.63) is 29.3 Å². The molecule has 0 radical (unpaired) electrons. The van der Waals surface area contributed by atoms with E-state index < -0.39 is 11.6 Å². The van der Waals surface area contributed by atoms with Crippen LogP contribution >= 0.6 is 0 Å². The van der Waals surface area contributed by atoms with Gasteiger partial charge in [-0.05, 0) is 56.5 Å².